The Labute approximate surface area is 102 Å². The third kappa shape index (κ3) is 1.40. The molecular formula is C13H20O4. The number of methoxy groups -OCH3 is 1. The number of carbonyl (C=O) groups is 1. The van der Waals surface area contributed by atoms with Gasteiger partial charge in [0.25, 0.3) is 0 Å². The minimum Gasteiger partial charge on any atom is -0.462 e. The zero-order chi connectivity index (χ0) is 12.3. The van der Waals surface area contributed by atoms with Crippen LogP contribution in [0.4, 0.5) is 0 Å². The van der Waals surface area contributed by atoms with Crippen molar-refractivity contribution in [3.05, 3.63) is 0 Å². The van der Waals surface area contributed by atoms with Crippen LogP contribution in [0.25, 0.3) is 0 Å². The summed E-state index contributed by atoms with van der Waals surface area (Å²) in [5.74, 6) is -1.05. The van der Waals surface area contributed by atoms with Gasteiger partial charge in [-0.2, -0.15) is 0 Å². The lowest BCUT2D eigenvalue weighted by Gasteiger charge is -2.52. The van der Waals surface area contributed by atoms with E-state index in [2.05, 4.69) is 13.8 Å². The fourth-order valence-electron chi connectivity index (χ4n) is 3.75. The van der Waals surface area contributed by atoms with E-state index < -0.39 is 5.79 Å². The van der Waals surface area contributed by atoms with Crippen LogP contribution in [0.15, 0.2) is 0 Å². The smallest absolute Gasteiger partial charge is 0.314 e. The van der Waals surface area contributed by atoms with E-state index in [1.54, 1.807) is 7.11 Å². The van der Waals surface area contributed by atoms with Gasteiger partial charge in [-0.25, -0.2) is 0 Å². The lowest BCUT2D eigenvalue weighted by molar-refractivity contribution is -0.353. The van der Waals surface area contributed by atoms with Gasteiger partial charge < -0.3 is 14.2 Å². The molecule has 3 saturated heterocycles. The molecule has 17 heavy (non-hydrogen) atoms. The summed E-state index contributed by atoms with van der Waals surface area (Å²) in [7, 11) is 1.65. The first-order valence-electron chi connectivity index (χ1n) is 6.46. The van der Waals surface area contributed by atoms with Crippen molar-refractivity contribution in [3.63, 3.8) is 0 Å². The van der Waals surface area contributed by atoms with Crippen LogP contribution in [0.2, 0.25) is 0 Å². The number of rotatable bonds is 1. The molecule has 0 amide bonds. The highest BCUT2D eigenvalue weighted by molar-refractivity contribution is 5.75. The normalized spacial score (nSPS) is 53.1. The third-order valence-electron chi connectivity index (χ3n) is 4.87. The van der Waals surface area contributed by atoms with Crippen molar-refractivity contribution < 1.29 is 19.0 Å². The van der Waals surface area contributed by atoms with Gasteiger partial charge in [-0.15, -0.1) is 0 Å². The topological polar surface area (TPSA) is 44.8 Å². The van der Waals surface area contributed by atoms with Crippen LogP contribution in [0.3, 0.4) is 0 Å². The zero-order valence-electron chi connectivity index (χ0n) is 10.7. The summed E-state index contributed by atoms with van der Waals surface area (Å²) in [4.78, 5) is 12.0. The van der Waals surface area contributed by atoms with E-state index in [1.165, 1.54) is 0 Å². The summed E-state index contributed by atoms with van der Waals surface area (Å²) >= 11 is 0. The average Bonchev–Trinajstić information content (AvgIpc) is 2.36. The van der Waals surface area contributed by atoms with Gasteiger partial charge >= 0.3 is 5.97 Å². The van der Waals surface area contributed by atoms with E-state index in [4.69, 9.17) is 14.2 Å². The van der Waals surface area contributed by atoms with Crippen LogP contribution < -0.4 is 0 Å². The van der Waals surface area contributed by atoms with Crippen LogP contribution in [0.5, 0.6) is 0 Å². The molecule has 0 aromatic heterocycles. The molecule has 0 spiro atoms. The SMILES string of the molecule is CO[C@]12O[C@@]3(C)CC[C@H](OC(=O)[C@@H]1CC3)[C@H]2C. The molecule has 4 nitrogen and oxygen atoms in total. The van der Waals surface area contributed by atoms with Crippen molar-refractivity contribution in [3.8, 4) is 0 Å². The minimum absolute atomic E-state index is 0.0568. The largest absolute Gasteiger partial charge is 0.462 e. The quantitative estimate of drug-likeness (QED) is 0.656. The summed E-state index contributed by atoms with van der Waals surface area (Å²) < 4.78 is 17.5. The van der Waals surface area contributed by atoms with Crippen molar-refractivity contribution in [2.24, 2.45) is 11.8 Å². The maximum Gasteiger partial charge on any atom is 0.314 e. The Hall–Kier alpha value is -0.610. The second kappa shape index (κ2) is 3.45. The first-order valence-corrected chi connectivity index (χ1v) is 6.46. The number of ether oxygens (including phenoxy) is 3. The fraction of sp³-hybridized carbons (Fsp3) is 0.923. The van der Waals surface area contributed by atoms with E-state index in [0.29, 0.717) is 0 Å². The number of hydrogen-bond acceptors (Lipinski definition) is 4. The summed E-state index contributed by atoms with van der Waals surface area (Å²) in [6.45, 7) is 4.20. The van der Waals surface area contributed by atoms with E-state index in [-0.39, 0.29) is 29.5 Å². The number of hydrogen-bond donors (Lipinski definition) is 0. The van der Waals surface area contributed by atoms with Gasteiger partial charge in [-0.05, 0) is 32.6 Å². The molecule has 3 fully saturated rings. The monoisotopic (exact) mass is 240 g/mol. The molecule has 0 aromatic carbocycles. The number of esters is 1. The predicted molar refractivity (Wildman–Crippen MR) is 60.2 cm³/mol. The van der Waals surface area contributed by atoms with E-state index >= 15 is 0 Å². The summed E-state index contributed by atoms with van der Waals surface area (Å²) in [6, 6.07) is 0. The highest BCUT2D eigenvalue weighted by Gasteiger charge is 2.63. The Morgan fingerprint density at radius 3 is 2.76 bits per heavy atom. The fourth-order valence-corrected chi connectivity index (χ4v) is 3.75. The van der Waals surface area contributed by atoms with Gasteiger partial charge in [0.2, 0.25) is 0 Å². The minimum atomic E-state index is -0.760. The van der Waals surface area contributed by atoms with E-state index in [9.17, 15) is 4.79 Å². The lowest BCUT2D eigenvalue weighted by atomic mass is 9.77. The van der Waals surface area contributed by atoms with Gasteiger partial charge in [0.15, 0.2) is 5.79 Å². The molecule has 0 aromatic rings. The van der Waals surface area contributed by atoms with Gasteiger partial charge in [0, 0.05) is 13.0 Å². The van der Waals surface area contributed by atoms with Crippen molar-refractivity contribution in [1.29, 1.82) is 0 Å². The maximum atomic E-state index is 12.0. The molecule has 3 aliphatic rings. The molecular weight excluding hydrogens is 220 g/mol. The molecule has 5 atom stereocenters. The molecule has 3 bridgehead atoms. The molecule has 0 saturated carbocycles. The van der Waals surface area contributed by atoms with Gasteiger partial charge in [-0.3, -0.25) is 4.79 Å². The van der Waals surface area contributed by atoms with Gasteiger partial charge in [0.05, 0.1) is 5.60 Å². The number of fused-ring (bicyclic) bond motifs is 2. The second-order valence-electron chi connectivity index (χ2n) is 5.87. The standard InChI is InChI=1S/C13H20O4/c1-8-10-5-7-12(2)6-4-9(11(14)16-10)13(8,15-3)17-12/h8-10H,4-7H2,1-3H3/t8-,9+,10+,12-,13-/m1/s1. The predicted octanol–water partition coefficient (Wildman–Crippen LogP) is 1.87. The van der Waals surface area contributed by atoms with Gasteiger partial charge in [-0.1, -0.05) is 6.92 Å². The van der Waals surface area contributed by atoms with Crippen molar-refractivity contribution in [2.45, 2.75) is 57.0 Å². The molecule has 0 radical (unpaired) electrons. The highest BCUT2D eigenvalue weighted by atomic mass is 16.7. The summed E-state index contributed by atoms with van der Waals surface area (Å²) in [5, 5.41) is 0. The molecule has 3 heterocycles. The molecule has 3 rings (SSSR count). The van der Waals surface area contributed by atoms with E-state index in [1.807, 2.05) is 0 Å². The second-order valence-corrected chi connectivity index (χ2v) is 5.87. The first-order chi connectivity index (χ1) is 8.01. The van der Waals surface area contributed by atoms with Crippen molar-refractivity contribution in [2.75, 3.05) is 7.11 Å². The van der Waals surface area contributed by atoms with Gasteiger partial charge in [0.1, 0.15) is 12.0 Å². The Bertz CT molecular complexity index is 355. The zero-order valence-corrected chi connectivity index (χ0v) is 10.7. The first kappa shape index (κ1) is 11.5. The molecule has 0 unspecified atom stereocenters. The average molecular weight is 240 g/mol. The van der Waals surface area contributed by atoms with Crippen LogP contribution in [-0.2, 0) is 19.0 Å². The Morgan fingerprint density at radius 1 is 1.35 bits per heavy atom. The summed E-state index contributed by atoms with van der Waals surface area (Å²) in [6.07, 6.45) is 3.48. The lowest BCUT2D eigenvalue weighted by Crippen LogP contribution is -2.63. The molecule has 0 N–H and O–H groups in total. The molecule has 0 aliphatic carbocycles. The van der Waals surface area contributed by atoms with Crippen LogP contribution in [0, 0.1) is 11.8 Å². The molecule has 96 valence electrons. The highest BCUT2D eigenvalue weighted by Crippen LogP contribution is 2.53. The van der Waals surface area contributed by atoms with Crippen molar-refractivity contribution in [1.82, 2.24) is 0 Å². The Balaban J connectivity index is 2.09. The van der Waals surface area contributed by atoms with E-state index in [0.717, 1.165) is 25.7 Å². The molecule has 3 aliphatic heterocycles. The van der Waals surface area contributed by atoms with Crippen LogP contribution >= 0.6 is 0 Å². The summed E-state index contributed by atoms with van der Waals surface area (Å²) in [5.41, 5.74) is -0.163. The van der Waals surface area contributed by atoms with Crippen LogP contribution in [0.1, 0.15) is 39.5 Å². The third-order valence-corrected chi connectivity index (χ3v) is 4.87. The maximum absolute atomic E-state index is 12.0. The Morgan fingerprint density at radius 2 is 2.06 bits per heavy atom. The van der Waals surface area contributed by atoms with Crippen molar-refractivity contribution >= 4 is 5.97 Å². The van der Waals surface area contributed by atoms with Crippen LogP contribution in [-0.4, -0.2) is 30.6 Å². The Kier molecular flexibility index (Phi) is 2.33. The molecule has 4 heteroatoms. The number of carbonyl (C=O) groups excluding carboxylic acids is 1.